The third kappa shape index (κ3) is 3.11. The lowest BCUT2D eigenvalue weighted by Crippen LogP contribution is -2.36. The zero-order valence-electron chi connectivity index (χ0n) is 9.05. The maximum atomic E-state index is 11.1. The maximum absolute atomic E-state index is 11.1. The predicted molar refractivity (Wildman–Crippen MR) is 54.7 cm³/mol. The summed E-state index contributed by atoms with van der Waals surface area (Å²) >= 11 is 0. The number of nitrogens with zero attached hydrogens (tertiary/aromatic N) is 1. The van der Waals surface area contributed by atoms with Gasteiger partial charge in [0.2, 0.25) is 0 Å². The van der Waals surface area contributed by atoms with E-state index in [9.17, 15) is 4.79 Å². The molecule has 76 valence electrons. The SMILES string of the molecule is CCN(CC(C)C)C1CCC(=O)C1. The van der Waals surface area contributed by atoms with E-state index in [4.69, 9.17) is 0 Å². The zero-order valence-corrected chi connectivity index (χ0v) is 9.05. The minimum Gasteiger partial charge on any atom is -0.300 e. The van der Waals surface area contributed by atoms with Gasteiger partial charge in [0.05, 0.1) is 0 Å². The summed E-state index contributed by atoms with van der Waals surface area (Å²) in [6, 6.07) is 0.542. The molecule has 1 rings (SSSR count). The van der Waals surface area contributed by atoms with E-state index in [1.54, 1.807) is 0 Å². The van der Waals surface area contributed by atoms with Crippen molar-refractivity contribution in [3.8, 4) is 0 Å². The van der Waals surface area contributed by atoms with Gasteiger partial charge in [-0.2, -0.15) is 0 Å². The molecule has 13 heavy (non-hydrogen) atoms. The molecule has 0 aliphatic heterocycles. The Morgan fingerprint density at radius 1 is 1.54 bits per heavy atom. The average Bonchev–Trinajstić information content (AvgIpc) is 2.47. The Balaban J connectivity index is 2.42. The summed E-state index contributed by atoms with van der Waals surface area (Å²) in [5, 5.41) is 0. The molecule has 0 heterocycles. The van der Waals surface area contributed by atoms with Crippen molar-refractivity contribution in [1.82, 2.24) is 4.90 Å². The van der Waals surface area contributed by atoms with E-state index in [1.165, 1.54) is 0 Å². The predicted octanol–water partition coefficient (Wildman–Crippen LogP) is 2.09. The molecule has 0 radical (unpaired) electrons. The van der Waals surface area contributed by atoms with Gasteiger partial charge in [0, 0.05) is 25.4 Å². The van der Waals surface area contributed by atoms with E-state index in [-0.39, 0.29) is 0 Å². The molecule has 1 aliphatic rings. The van der Waals surface area contributed by atoms with Crippen molar-refractivity contribution in [3.63, 3.8) is 0 Å². The van der Waals surface area contributed by atoms with Crippen LogP contribution >= 0.6 is 0 Å². The number of carbonyl (C=O) groups excluding carboxylic acids is 1. The molecule has 1 atom stereocenters. The minimum atomic E-state index is 0.451. The van der Waals surface area contributed by atoms with Gasteiger partial charge in [0.25, 0.3) is 0 Å². The molecule has 0 spiro atoms. The number of hydrogen-bond acceptors (Lipinski definition) is 2. The van der Waals surface area contributed by atoms with E-state index in [1.807, 2.05) is 0 Å². The topological polar surface area (TPSA) is 20.3 Å². The van der Waals surface area contributed by atoms with Gasteiger partial charge in [-0.3, -0.25) is 9.69 Å². The number of carbonyl (C=O) groups is 1. The van der Waals surface area contributed by atoms with Gasteiger partial charge in [0.1, 0.15) is 5.78 Å². The molecule has 0 aromatic heterocycles. The lowest BCUT2D eigenvalue weighted by atomic mass is 10.1. The highest BCUT2D eigenvalue weighted by Crippen LogP contribution is 2.21. The maximum Gasteiger partial charge on any atom is 0.134 e. The third-order valence-electron chi connectivity index (χ3n) is 2.74. The zero-order chi connectivity index (χ0) is 9.84. The van der Waals surface area contributed by atoms with Crippen LogP contribution in [0.1, 0.15) is 40.0 Å². The molecule has 1 aliphatic carbocycles. The van der Waals surface area contributed by atoms with Gasteiger partial charge in [0.15, 0.2) is 0 Å². The molecule has 0 amide bonds. The van der Waals surface area contributed by atoms with Crippen molar-refractivity contribution in [1.29, 1.82) is 0 Å². The molecule has 2 heteroatoms. The molecule has 2 nitrogen and oxygen atoms in total. The average molecular weight is 183 g/mol. The van der Waals surface area contributed by atoms with Crippen molar-refractivity contribution in [2.75, 3.05) is 13.1 Å². The minimum absolute atomic E-state index is 0.451. The molecule has 1 saturated carbocycles. The van der Waals surface area contributed by atoms with Gasteiger partial charge in [-0.1, -0.05) is 20.8 Å². The standard InChI is InChI=1S/C11H21NO/c1-4-12(8-9(2)3)10-5-6-11(13)7-10/h9-10H,4-8H2,1-3H3. The highest BCUT2D eigenvalue weighted by Gasteiger charge is 2.26. The first-order chi connectivity index (χ1) is 6.13. The van der Waals surface area contributed by atoms with Crippen LogP contribution in [0.5, 0.6) is 0 Å². The molecule has 0 saturated heterocycles. The highest BCUT2D eigenvalue weighted by atomic mass is 16.1. The van der Waals surface area contributed by atoms with Crippen LogP contribution in [0.25, 0.3) is 0 Å². The van der Waals surface area contributed by atoms with E-state index in [0.29, 0.717) is 17.7 Å². The van der Waals surface area contributed by atoms with E-state index in [0.717, 1.165) is 32.4 Å². The second kappa shape index (κ2) is 4.75. The van der Waals surface area contributed by atoms with Crippen molar-refractivity contribution in [3.05, 3.63) is 0 Å². The largest absolute Gasteiger partial charge is 0.300 e. The van der Waals surface area contributed by atoms with Gasteiger partial charge in [-0.05, 0) is 18.9 Å². The Morgan fingerprint density at radius 3 is 2.62 bits per heavy atom. The quantitative estimate of drug-likeness (QED) is 0.665. The van der Waals surface area contributed by atoms with Crippen molar-refractivity contribution in [2.45, 2.75) is 46.1 Å². The van der Waals surface area contributed by atoms with Crippen LogP contribution in [-0.4, -0.2) is 29.8 Å². The first-order valence-corrected chi connectivity index (χ1v) is 5.39. The highest BCUT2D eigenvalue weighted by molar-refractivity contribution is 5.81. The molecule has 0 aromatic rings. The molecule has 0 bridgehead atoms. The first-order valence-electron chi connectivity index (χ1n) is 5.39. The number of Topliss-reactive ketones (excluding diaryl/α,β-unsaturated/α-hetero) is 1. The lowest BCUT2D eigenvalue weighted by molar-refractivity contribution is -0.117. The summed E-state index contributed by atoms with van der Waals surface area (Å²) in [6.45, 7) is 8.87. The van der Waals surface area contributed by atoms with E-state index >= 15 is 0 Å². The summed E-state index contributed by atoms with van der Waals surface area (Å²) < 4.78 is 0. The summed E-state index contributed by atoms with van der Waals surface area (Å²) in [5.41, 5.74) is 0. The third-order valence-corrected chi connectivity index (χ3v) is 2.74. The summed E-state index contributed by atoms with van der Waals surface area (Å²) in [6.07, 6.45) is 2.68. The Kier molecular flexibility index (Phi) is 3.91. The van der Waals surface area contributed by atoms with Gasteiger partial charge < -0.3 is 0 Å². The lowest BCUT2D eigenvalue weighted by Gasteiger charge is -2.28. The number of ketones is 1. The number of hydrogen-bond donors (Lipinski definition) is 0. The monoisotopic (exact) mass is 183 g/mol. The van der Waals surface area contributed by atoms with Crippen molar-refractivity contribution in [2.24, 2.45) is 5.92 Å². The van der Waals surface area contributed by atoms with Crippen molar-refractivity contribution >= 4 is 5.78 Å². The Labute approximate surface area is 81.3 Å². The summed E-state index contributed by atoms with van der Waals surface area (Å²) in [7, 11) is 0. The van der Waals surface area contributed by atoms with Gasteiger partial charge >= 0.3 is 0 Å². The molecular formula is C11H21NO. The molecule has 0 aromatic carbocycles. The second-order valence-electron chi connectivity index (χ2n) is 4.42. The molecule has 1 fully saturated rings. The van der Waals surface area contributed by atoms with Crippen LogP contribution in [0.2, 0.25) is 0 Å². The van der Waals surface area contributed by atoms with Crippen LogP contribution in [0.4, 0.5) is 0 Å². The fourth-order valence-corrected chi connectivity index (χ4v) is 2.11. The fourth-order valence-electron chi connectivity index (χ4n) is 2.11. The Morgan fingerprint density at radius 2 is 2.23 bits per heavy atom. The summed E-state index contributed by atoms with van der Waals surface area (Å²) in [5.74, 6) is 1.16. The van der Waals surface area contributed by atoms with E-state index in [2.05, 4.69) is 25.7 Å². The Hall–Kier alpha value is -0.370. The van der Waals surface area contributed by atoms with E-state index < -0.39 is 0 Å². The molecule has 1 unspecified atom stereocenters. The fraction of sp³-hybridized carbons (Fsp3) is 0.909. The number of rotatable bonds is 4. The normalized spacial score (nSPS) is 23.5. The second-order valence-corrected chi connectivity index (χ2v) is 4.42. The molecular weight excluding hydrogens is 162 g/mol. The summed E-state index contributed by atoms with van der Waals surface area (Å²) in [4.78, 5) is 13.6. The molecule has 0 N–H and O–H groups in total. The van der Waals surface area contributed by atoms with Crippen LogP contribution < -0.4 is 0 Å². The first kappa shape index (κ1) is 10.7. The van der Waals surface area contributed by atoms with Crippen LogP contribution in [-0.2, 0) is 4.79 Å². The Bertz CT molecular complexity index is 177. The van der Waals surface area contributed by atoms with Crippen LogP contribution in [0, 0.1) is 5.92 Å². The van der Waals surface area contributed by atoms with Crippen LogP contribution in [0.3, 0.4) is 0 Å². The van der Waals surface area contributed by atoms with Gasteiger partial charge in [-0.25, -0.2) is 0 Å². The smallest absolute Gasteiger partial charge is 0.134 e. The van der Waals surface area contributed by atoms with Crippen molar-refractivity contribution < 1.29 is 4.79 Å². The van der Waals surface area contributed by atoms with Crippen LogP contribution in [0.15, 0.2) is 0 Å². The van der Waals surface area contributed by atoms with Gasteiger partial charge in [-0.15, -0.1) is 0 Å².